The Kier molecular flexibility index (Phi) is 6.88. The van der Waals surface area contributed by atoms with E-state index in [0.717, 1.165) is 17.2 Å². The molecule has 3 rings (SSSR count). The van der Waals surface area contributed by atoms with E-state index in [1.807, 2.05) is 42.5 Å². The maximum absolute atomic E-state index is 12.4. The standard InChI is InChI=1S/C24H31NO/c1-2-3-5-8-19-11-13-20(14-12-19)21-15-17-22(18-16-21)24(26)25-23-9-6-4-7-10-23/h4,6-7,9-10,15-20H,2-3,5,8,11-14H2,1H3,(H,25,26). The molecule has 2 aromatic rings. The van der Waals surface area contributed by atoms with E-state index >= 15 is 0 Å². The topological polar surface area (TPSA) is 29.1 Å². The first-order valence-electron chi connectivity index (χ1n) is 10.2. The van der Waals surface area contributed by atoms with Gasteiger partial charge in [-0.05, 0) is 67.3 Å². The zero-order valence-corrected chi connectivity index (χ0v) is 15.9. The number of para-hydroxylation sites is 1. The van der Waals surface area contributed by atoms with Crippen LogP contribution in [-0.2, 0) is 0 Å². The number of carbonyl (C=O) groups is 1. The summed E-state index contributed by atoms with van der Waals surface area (Å²) in [6, 6.07) is 17.9. The Morgan fingerprint density at radius 3 is 2.27 bits per heavy atom. The number of anilines is 1. The van der Waals surface area contributed by atoms with Gasteiger partial charge in [0.15, 0.2) is 0 Å². The molecule has 2 heteroatoms. The molecule has 138 valence electrons. The van der Waals surface area contributed by atoms with Crippen LogP contribution < -0.4 is 5.32 Å². The van der Waals surface area contributed by atoms with Crippen LogP contribution in [0.2, 0.25) is 0 Å². The van der Waals surface area contributed by atoms with Crippen molar-refractivity contribution in [3.63, 3.8) is 0 Å². The van der Waals surface area contributed by atoms with Crippen molar-refractivity contribution in [2.75, 3.05) is 5.32 Å². The van der Waals surface area contributed by atoms with Crippen LogP contribution in [0.3, 0.4) is 0 Å². The average molecular weight is 350 g/mol. The molecular weight excluding hydrogens is 318 g/mol. The van der Waals surface area contributed by atoms with Crippen LogP contribution in [0.5, 0.6) is 0 Å². The first-order valence-corrected chi connectivity index (χ1v) is 10.2. The molecule has 0 aliphatic heterocycles. The van der Waals surface area contributed by atoms with E-state index in [0.29, 0.717) is 5.92 Å². The highest BCUT2D eigenvalue weighted by Gasteiger charge is 2.22. The van der Waals surface area contributed by atoms with Crippen LogP contribution in [-0.4, -0.2) is 5.91 Å². The Bertz CT molecular complexity index is 669. The lowest BCUT2D eigenvalue weighted by atomic mass is 9.77. The lowest BCUT2D eigenvalue weighted by molar-refractivity contribution is 0.102. The highest BCUT2D eigenvalue weighted by molar-refractivity contribution is 6.04. The van der Waals surface area contributed by atoms with Gasteiger partial charge in [0.1, 0.15) is 0 Å². The lowest BCUT2D eigenvalue weighted by Gasteiger charge is -2.29. The molecule has 2 nitrogen and oxygen atoms in total. The van der Waals surface area contributed by atoms with Crippen LogP contribution in [0.4, 0.5) is 5.69 Å². The minimum Gasteiger partial charge on any atom is -0.322 e. The van der Waals surface area contributed by atoms with Gasteiger partial charge in [0.2, 0.25) is 0 Å². The molecule has 0 aromatic heterocycles. The number of hydrogen-bond acceptors (Lipinski definition) is 1. The fourth-order valence-electron chi connectivity index (χ4n) is 4.10. The van der Waals surface area contributed by atoms with Crippen LogP contribution in [0.25, 0.3) is 0 Å². The average Bonchev–Trinajstić information content (AvgIpc) is 2.70. The first kappa shape index (κ1) is 18.7. The Morgan fingerprint density at radius 1 is 0.923 bits per heavy atom. The summed E-state index contributed by atoms with van der Waals surface area (Å²) in [5.74, 6) is 1.57. The Hall–Kier alpha value is -2.09. The molecule has 0 radical (unpaired) electrons. The maximum atomic E-state index is 12.4. The summed E-state index contributed by atoms with van der Waals surface area (Å²) in [5.41, 5.74) is 2.96. The SMILES string of the molecule is CCCCCC1CCC(c2ccc(C(=O)Nc3ccccc3)cc2)CC1. The molecule has 26 heavy (non-hydrogen) atoms. The highest BCUT2D eigenvalue weighted by Crippen LogP contribution is 2.37. The fraction of sp³-hybridized carbons (Fsp3) is 0.458. The monoisotopic (exact) mass is 349 g/mol. The molecule has 0 spiro atoms. The summed E-state index contributed by atoms with van der Waals surface area (Å²) in [6.45, 7) is 2.28. The summed E-state index contributed by atoms with van der Waals surface area (Å²) >= 11 is 0. The van der Waals surface area contributed by atoms with Crippen LogP contribution in [0.15, 0.2) is 54.6 Å². The predicted molar refractivity (Wildman–Crippen MR) is 110 cm³/mol. The van der Waals surface area contributed by atoms with Crippen molar-refractivity contribution < 1.29 is 4.79 Å². The van der Waals surface area contributed by atoms with Crippen molar-refractivity contribution in [2.45, 2.75) is 64.2 Å². The van der Waals surface area contributed by atoms with Crippen molar-refractivity contribution in [3.05, 3.63) is 65.7 Å². The number of rotatable bonds is 7. The smallest absolute Gasteiger partial charge is 0.255 e. The molecule has 1 N–H and O–H groups in total. The zero-order chi connectivity index (χ0) is 18.2. The van der Waals surface area contributed by atoms with E-state index < -0.39 is 0 Å². The van der Waals surface area contributed by atoms with E-state index in [1.54, 1.807) is 0 Å². The molecule has 2 aromatic carbocycles. The van der Waals surface area contributed by atoms with Crippen LogP contribution in [0, 0.1) is 5.92 Å². The van der Waals surface area contributed by atoms with Crippen molar-refractivity contribution in [1.82, 2.24) is 0 Å². The number of unbranched alkanes of at least 4 members (excludes halogenated alkanes) is 2. The van der Waals surface area contributed by atoms with Gasteiger partial charge < -0.3 is 5.32 Å². The van der Waals surface area contributed by atoms with Gasteiger partial charge in [-0.2, -0.15) is 0 Å². The molecule has 0 bridgehead atoms. The predicted octanol–water partition coefficient (Wildman–Crippen LogP) is 6.79. The van der Waals surface area contributed by atoms with E-state index in [2.05, 4.69) is 24.4 Å². The molecule has 0 atom stereocenters. The molecule has 0 unspecified atom stereocenters. The highest BCUT2D eigenvalue weighted by atomic mass is 16.1. The first-order chi connectivity index (χ1) is 12.8. The zero-order valence-electron chi connectivity index (χ0n) is 15.9. The van der Waals surface area contributed by atoms with Crippen LogP contribution in [0.1, 0.15) is 80.1 Å². The summed E-state index contributed by atoms with van der Waals surface area (Å²) in [6.07, 6.45) is 10.8. The quantitative estimate of drug-likeness (QED) is 0.548. The number of nitrogens with one attached hydrogen (secondary N) is 1. The van der Waals surface area contributed by atoms with Crippen molar-refractivity contribution in [1.29, 1.82) is 0 Å². The number of hydrogen-bond donors (Lipinski definition) is 1. The Balaban J connectivity index is 1.51. The minimum absolute atomic E-state index is 0.0395. The molecule has 1 amide bonds. The summed E-state index contributed by atoms with van der Waals surface area (Å²) in [4.78, 5) is 12.4. The van der Waals surface area contributed by atoms with E-state index in [9.17, 15) is 4.79 Å². The molecule has 1 aliphatic carbocycles. The molecular formula is C24H31NO. The lowest BCUT2D eigenvalue weighted by Crippen LogP contribution is -2.14. The fourth-order valence-corrected chi connectivity index (χ4v) is 4.10. The second-order valence-corrected chi connectivity index (χ2v) is 7.66. The molecule has 0 saturated heterocycles. The van der Waals surface area contributed by atoms with Gasteiger partial charge in [0.25, 0.3) is 5.91 Å². The van der Waals surface area contributed by atoms with Gasteiger partial charge in [-0.25, -0.2) is 0 Å². The van der Waals surface area contributed by atoms with E-state index in [4.69, 9.17) is 0 Å². The van der Waals surface area contributed by atoms with Crippen molar-refractivity contribution >= 4 is 11.6 Å². The van der Waals surface area contributed by atoms with Gasteiger partial charge in [-0.15, -0.1) is 0 Å². The number of benzene rings is 2. The van der Waals surface area contributed by atoms with Gasteiger partial charge in [0, 0.05) is 11.3 Å². The number of carbonyl (C=O) groups excluding carboxylic acids is 1. The Morgan fingerprint density at radius 2 is 1.62 bits per heavy atom. The summed E-state index contributed by atoms with van der Waals surface area (Å²) < 4.78 is 0. The van der Waals surface area contributed by atoms with E-state index in [-0.39, 0.29) is 5.91 Å². The largest absolute Gasteiger partial charge is 0.322 e. The second-order valence-electron chi connectivity index (χ2n) is 7.66. The third-order valence-corrected chi connectivity index (χ3v) is 5.74. The van der Waals surface area contributed by atoms with Crippen molar-refractivity contribution in [2.24, 2.45) is 5.92 Å². The normalized spacial score (nSPS) is 19.9. The van der Waals surface area contributed by atoms with Crippen molar-refractivity contribution in [3.8, 4) is 0 Å². The van der Waals surface area contributed by atoms with Gasteiger partial charge >= 0.3 is 0 Å². The van der Waals surface area contributed by atoms with Gasteiger partial charge in [-0.3, -0.25) is 4.79 Å². The maximum Gasteiger partial charge on any atom is 0.255 e. The van der Waals surface area contributed by atoms with E-state index in [1.165, 1.54) is 56.9 Å². The molecule has 1 aliphatic rings. The van der Waals surface area contributed by atoms with Gasteiger partial charge in [-0.1, -0.05) is 62.9 Å². The van der Waals surface area contributed by atoms with Gasteiger partial charge in [0.05, 0.1) is 0 Å². The molecule has 1 fully saturated rings. The third-order valence-electron chi connectivity index (χ3n) is 5.74. The summed E-state index contributed by atoms with van der Waals surface area (Å²) in [5, 5.41) is 2.95. The van der Waals surface area contributed by atoms with Crippen LogP contribution >= 0.6 is 0 Å². The Labute approximate surface area is 158 Å². The molecule has 1 saturated carbocycles. The molecule has 0 heterocycles. The minimum atomic E-state index is -0.0395. The second kappa shape index (κ2) is 9.56. The third kappa shape index (κ3) is 5.20. The number of amides is 1. The summed E-state index contributed by atoms with van der Waals surface area (Å²) in [7, 11) is 0.